The number of rotatable bonds is 9. The first-order valence-electron chi connectivity index (χ1n) is 13.1. The number of nitrogens with zero attached hydrogens (tertiary/aromatic N) is 4. The van der Waals surface area contributed by atoms with E-state index in [1.165, 1.54) is 0 Å². The van der Waals surface area contributed by atoms with E-state index in [2.05, 4.69) is 48.2 Å². The largest absolute Gasteiger partial charge is 0.496 e. The maximum Gasteiger partial charge on any atom is 0.243 e. The van der Waals surface area contributed by atoms with E-state index in [1.54, 1.807) is 14.0 Å². The fourth-order valence-electron chi connectivity index (χ4n) is 5.55. The number of methoxy groups -OCH3 is 1. The molecule has 0 aromatic heterocycles. The summed E-state index contributed by atoms with van der Waals surface area (Å²) < 4.78 is 5.75. The lowest BCUT2D eigenvalue weighted by Gasteiger charge is -2.40. The number of carbonyl (C=O) groups is 1. The third-order valence-electron chi connectivity index (χ3n) is 7.58. The normalized spacial score (nSPS) is 16.8. The van der Waals surface area contributed by atoms with Crippen LogP contribution in [0.4, 0.5) is 0 Å². The number of piperazine rings is 1. The van der Waals surface area contributed by atoms with Crippen molar-refractivity contribution in [1.82, 2.24) is 14.7 Å². The van der Waals surface area contributed by atoms with Gasteiger partial charge in [0.1, 0.15) is 11.2 Å². The number of amides is 1. The first-order chi connectivity index (χ1) is 17.9. The van der Waals surface area contributed by atoms with Crippen molar-refractivity contribution in [2.75, 3.05) is 60.5 Å². The van der Waals surface area contributed by atoms with Crippen molar-refractivity contribution in [1.29, 1.82) is 5.26 Å². The molecule has 1 fully saturated rings. The zero-order valence-electron chi connectivity index (χ0n) is 22.5. The average Bonchev–Trinajstić information content (AvgIpc) is 2.93. The van der Waals surface area contributed by atoms with E-state index in [4.69, 9.17) is 4.74 Å². The minimum Gasteiger partial charge on any atom is -0.496 e. The third kappa shape index (κ3) is 5.64. The molecule has 37 heavy (non-hydrogen) atoms. The zero-order chi connectivity index (χ0) is 26.4. The van der Waals surface area contributed by atoms with E-state index in [0.717, 1.165) is 54.5 Å². The van der Waals surface area contributed by atoms with E-state index in [1.807, 2.05) is 53.4 Å². The number of nitriles is 1. The Kier molecular flexibility index (Phi) is 8.48. The van der Waals surface area contributed by atoms with Gasteiger partial charge in [0.05, 0.1) is 13.2 Å². The molecule has 0 spiro atoms. The van der Waals surface area contributed by atoms with E-state index >= 15 is 0 Å². The summed E-state index contributed by atoms with van der Waals surface area (Å²) in [6.45, 7) is 6.80. The first-order valence-corrected chi connectivity index (χ1v) is 13.1. The molecule has 1 saturated heterocycles. The van der Waals surface area contributed by atoms with Gasteiger partial charge < -0.3 is 14.5 Å². The molecule has 1 heterocycles. The van der Waals surface area contributed by atoms with Crippen LogP contribution in [0.3, 0.4) is 0 Å². The molecule has 0 aliphatic carbocycles. The molecular weight excluding hydrogens is 460 g/mol. The van der Waals surface area contributed by atoms with Crippen molar-refractivity contribution >= 4 is 16.7 Å². The fraction of sp³-hybridized carbons (Fsp3) is 0.419. The molecule has 3 aromatic carbocycles. The van der Waals surface area contributed by atoms with Gasteiger partial charge in [-0.15, -0.1) is 0 Å². The van der Waals surface area contributed by atoms with Crippen LogP contribution in [0, 0.1) is 16.7 Å². The second kappa shape index (κ2) is 11.8. The van der Waals surface area contributed by atoms with E-state index < -0.39 is 11.3 Å². The van der Waals surface area contributed by atoms with Crippen LogP contribution in [0.5, 0.6) is 5.75 Å². The van der Waals surface area contributed by atoms with Gasteiger partial charge in [-0.25, -0.2) is 0 Å². The van der Waals surface area contributed by atoms with Gasteiger partial charge >= 0.3 is 0 Å². The predicted molar refractivity (Wildman–Crippen MR) is 149 cm³/mol. The molecular formula is C31H38N4O2. The summed E-state index contributed by atoms with van der Waals surface area (Å²) >= 11 is 0. The lowest BCUT2D eigenvalue weighted by atomic mass is 9.68. The highest BCUT2D eigenvalue weighted by atomic mass is 16.5. The molecule has 6 nitrogen and oxygen atoms in total. The highest BCUT2D eigenvalue weighted by Crippen LogP contribution is 2.47. The summed E-state index contributed by atoms with van der Waals surface area (Å²) in [5.41, 5.74) is 0.495. The first kappa shape index (κ1) is 26.7. The van der Waals surface area contributed by atoms with Gasteiger partial charge in [-0.05, 0) is 62.9 Å². The Bertz CT molecular complexity index is 1250. The molecule has 0 radical (unpaired) electrons. The van der Waals surface area contributed by atoms with Crippen molar-refractivity contribution in [2.24, 2.45) is 5.41 Å². The van der Waals surface area contributed by atoms with Crippen LogP contribution in [0.1, 0.15) is 30.4 Å². The van der Waals surface area contributed by atoms with Gasteiger partial charge in [0.15, 0.2) is 0 Å². The number of fused-ring (bicyclic) bond motifs is 1. The van der Waals surface area contributed by atoms with Gasteiger partial charge in [0.25, 0.3) is 0 Å². The van der Waals surface area contributed by atoms with Crippen molar-refractivity contribution in [3.63, 3.8) is 0 Å². The Morgan fingerprint density at radius 3 is 2.35 bits per heavy atom. The van der Waals surface area contributed by atoms with Crippen LogP contribution in [0.25, 0.3) is 10.8 Å². The maximum atomic E-state index is 14.2. The van der Waals surface area contributed by atoms with Crippen molar-refractivity contribution in [2.45, 2.75) is 19.3 Å². The third-order valence-corrected chi connectivity index (χ3v) is 7.58. The second-order valence-corrected chi connectivity index (χ2v) is 10.3. The minimum atomic E-state index is -1.31. The molecule has 3 aromatic rings. The molecule has 0 unspecified atom stereocenters. The Labute approximate surface area is 221 Å². The number of para-hydroxylation sites is 1. The molecule has 2 atom stereocenters. The van der Waals surface area contributed by atoms with Gasteiger partial charge in [0, 0.05) is 37.7 Å². The standard InChI is InChI=1S/C31H38N4O2/c1-31(23-32,30(36)35-21-19-34(20-22-35)18-10-17-33(2)3)29(27-14-7-8-16-28(27)37-4)26-15-9-12-24-11-5-6-13-25(24)26/h5-9,11-16,29H,10,17-22H2,1-4H3/t29-,31+/m0/s1. The summed E-state index contributed by atoms with van der Waals surface area (Å²) in [4.78, 5) is 20.7. The molecule has 0 saturated carbocycles. The maximum absolute atomic E-state index is 14.2. The number of hydrogen-bond donors (Lipinski definition) is 0. The lowest BCUT2D eigenvalue weighted by molar-refractivity contribution is -0.140. The molecule has 194 valence electrons. The zero-order valence-corrected chi connectivity index (χ0v) is 22.5. The monoisotopic (exact) mass is 498 g/mol. The summed E-state index contributed by atoms with van der Waals surface area (Å²) in [6.07, 6.45) is 1.10. The molecule has 6 heteroatoms. The van der Waals surface area contributed by atoms with Crippen LogP contribution < -0.4 is 4.74 Å². The smallest absolute Gasteiger partial charge is 0.243 e. The molecule has 1 amide bonds. The number of hydrogen-bond acceptors (Lipinski definition) is 5. The molecule has 1 aliphatic heterocycles. The summed E-state index contributed by atoms with van der Waals surface area (Å²) in [5.74, 6) is 0.0672. The Morgan fingerprint density at radius 1 is 1.00 bits per heavy atom. The predicted octanol–water partition coefficient (Wildman–Crippen LogP) is 4.61. The van der Waals surface area contributed by atoms with Gasteiger partial charge in [0.2, 0.25) is 5.91 Å². The van der Waals surface area contributed by atoms with Gasteiger partial charge in [-0.3, -0.25) is 9.69 Å². The molecule has 0 bridgehead atoms. The Hall–Kier alpha value is -3.40. The molecule has 1 aliphatic rings. The van der Waals surface area contributed by atoms with Crippen LogP contribution in [-0.4, -0.2) is 81.1 Å². The SMILES string of the molecule is COc1ccccc1[C@H](c1cccc2ccccc12)[C@@](C)(C#N)C(=O)N1CCN(CCCN(C)C)CC1. The highest BCUT2D eigenvalue weighted by Gasteiger charge is 2.47. The van der Waals surface area contributed by atoms with Gasteiger partial charge in [-0.1, -0.05) is 60.7 Å². The summed E-state index contributed by atoms with van der Waals surface area (Å²) in [5, 5.41) is 12.8. The minimum absolute atomic E-state index is 0.119. The van der Waals surface area contributed by atoms with Crippen LogP contribution in [0.2, 0.25) is 0 Å². The van der Waals surface area contributed by atoms with Crippen molar-refractivity contribution < 1.29 is 9.53 Å². The van der Waals surface area contributed by atoms with Crippen molar-refractivity contribution in [3.8, 4) is 11.8 Å². The average molecular weight is 499 g/mol. The van der Waals surface area contributed by atoms with Crippen LogP contribution in [-0.2, 0) is 4.79 Å². The Balaban J connectivity index is 1.70. The summed E-state index contributed by atoms with van der Waals surface area (Å²) in [7, 11) is 5.82. The molecule has 4 rings (SSSR count). The van der Waals surface area contributed by atoms with Gasteiger partial charge in [-0.2, -0.15) is 5.26 Å². The van der Waals surface area contributed by atoms with Crippen LogP contribution in [0.15, 0.2) is 66.7 Å². The number of ether oxygens (including phenoxy) is 1. The lowest BCUT2D eigenvalue weighted by Crippen LogP contribution is -2.53. The molecule has 0 N–H and O–H groups in total. The van der Waals surface area contributed by atoms with E-state index in [-0.39, 0.29) is 5.91 Å². The van der Waals surface area contributed by atoms with E-state index in [0.29, 0.717) is 18.8 Å². The number of benzene rings is 3. The second-order valence-electron chi connectivity index (χ2n) is 10.3. The van der Waals surface area contributed by atoms with Crippen LogP contribution >= 0.6 is 0 Å². The highest BCUT2D eigenvalue weighted by molar-refractivity contribution is 5.91. The fourth-order valence-corrected chi connectivity index (χ4v) is 5.55. The quantitative estimate of drug-likeness (QED) is 0.431. The Morgan fingerprint density at radius 2 is 1.65 bits per heavy atom. The topological polar surface area (TPSA) is 59.8 Å². The number of carbonyl (C=O) groups excluding carboxylic acids is 1. The van der Waals surface area contributed by atoms with E-state index in [9.17, 15) is 10.1 Å². The van der Waals surface area contributed by atoms with Crippen molar-refractivity contribution in [3.05, 3.63) is 77.9 Å². The summed E-state index contributed by atoms with van der Waals surface area (Å²) in [6, 6.07) is 24.5.